The molecule has 2 heterocycles. The van der Waals surface area contributed by atoms with Gasteiger partial charge in [0.1, 0.15) is 5.69 Å². The third-order valence-electron chi connectivity index (χ3n) is 3.98. The lowest BCUT2D eigenvalue weighted by atomic mass is 10.1. The fourth-order valence-corrected chi connectivity index (χ4v) is 2.79. The molecule has 1 aliphatic heterocycles. The second kappa shape index (κ2) is 5.77. The van der Waals surface area contributed by atoms with E-state index in [9.17, 15) is 0 Å². The van der Waals surface area contributed by atoms with E-state index in [-0.39, 0.29) is 0 Å². The summed E-state index contributed by atoms with van der Waals surface area (Å²) in [5.41, 5.74) is 2.01. The van der Waals surface area contributed by atoms with Gasteiger partial charge in [-0.1, -0.05) is 35.5 Å². The van der Waals surface area contributed by atoms with Crippen molar-refractivity contribution in [1.29, 1.82) is 0 Å². The van der Waals surface area contributed by atoms with E-state index in [0.717, 1.165) is 36.7 Å². The minimum absolute atomic E-state index is 0.518. The number of nitrogens with one attached hydrogen (secondary N) is 1. The molecular weight excluding hydrogens is 250 g/mol. The van der Waals surface area contributed by atoms with Crippen LogP contribution in [0.25, 0.3) is 11.3 Å². The van der Waals surface area contributed by atoms with E-state index in [1.165, 1.54) is 0 Å². The molecule has 106 valence electrons. The molecule has 4 nitrogen and oxygen atoms in total. The molecule has 3 rings (SSSR count). The molecule has 2 unspecified atom stereocenters. The molecular formula is C16H21N3O. The van der Waals surface area contributed by atoms with Gasteiger partial charge in [-0.15, -0.1) is 0 Å². The quantitative estimate of drug-likeness (QED) is 0.931. The van der Waals surface area contributed by atoms with Crippen molar-refractivity contribution in [3.05, 3.63) is 42.2 Å². The van der Waals surface area contributed by atoms with Crippen LogP contribution in [-0.4, -0.2) is 35.2 Å². The van der Waals surface area contributed by atoms with Gasteiger partial charge in [0, 0.05) is 36.8 Å². The summed E-state index contributed by atoms with van der Waals surface area (Å²) in [7, 11) is 0. The van der Waals surface area contributed by atoms with Crippen LogP contribution < -0.4 is 5.32 Å². The summed E-state index contributed by atoms with van der Waals surface area (Å²) in [6.07, 6.45) is 0. The zero-order valence-corrected chi connectivity index (χ0v) is 12.0. The Morgan fingerprint density at radius 3 is 2.60 bits per heavy atom. The van der Waals surface area contributed by atoms with E-state index in [1.807, 2.05) is 18.2 Å². The van der Waals surface area contributed by atoms with Crippen LogP contribution in [0.3, 0.4) is 0 Å². The summed E-state index contributed by atoms with van der Waals surface area (Å²) >= 11 is 0. The van der Waals surface area contributed by atoms with Crippen molar-refractivity contribution < 1.29 is 4.52 Å². The van der Waals surface area contributed by atoms with Crippen LogP contribution in [0.5, 0.6) is 0 Å². The summed E-state index contributed by atoms with van der Waals surface area (Å²) in [5.74, 6) is 0.935. The molecule has 1 aromatic carbocycles. The maximum atomic E-state index is 5.51. The Labute approximate surface area is 119 Å². The summed E-state index contributed by atoms with van der Waals surface area (Å²) in [4.78, 5) is 2.46. The highest BCUT2D eigenvalue weighted by atomic mass is 16.5. The molecule has 20 heavy (non-hydrogen) atoms. The minimum atomic E-state index is 0.518. The Balaban J connectivity index is 1.74. The summed E-state index contributed by atoms with van der Waals surface area (Å²) < 4.78 is 5.51. The third kappa shape index (κ3) is 2.76. The van der Waals surface area contributed by atoms with Crippen molar-refractivity contribution >= 4 is 0 Å². The Morgan fingerprint density at radius 2 is 1.90 bits per heavy atom. The molecule has 0 spiro atoms. The van der Waals surface area contributed by atoms with Crippen LogP contribution in [-0.2, 0) is 6.54 Å². The Bertz CT molecular complexity index is 542. The van der Waals surface area contributed by atoms with E-state index in [2.05, 4.69) is 47.4 Å². The molecule has 1 N–H and O–H groups in total. The molecule has 2 atom stereocenters. The molecule has 1 fully saturated rings. The lowest BCUT2D eigenvalue weighted by Gasteiger charge is -2.38. The third-order valence-corrected chi connectivity index (χ3v) is 3.98. The highest BCUT2D eigenvalue weighted by Crippen LogP contribution is 2.21. The summed E-state index contributed by atoms with van der Waals surface area (Å²) in [6.45, 7) is 7.38. The number of hydrogen-bond donors (Lipinski definition) is 1. The van der Waals surface area contributed by atoms with E-state index in [4.69, 9.17) is 4.52 Å². The van der Waals surface area contributed by atoms with Crippen LogP contribution in [0.2, 0.25) is 0 Å². The Hall–Kier alpha value is -1.65. The SMILES string of the molecule is CC1CNCC(C)N1Cc1cc(-c2ccccc2)no1. The topological polar surface area (TPSA) is 41.3 Å². The summed E-state index contributed by atoms with van der Waals surface area (Å²) in [5, 5.41) is 7.63. The van der Waals surface area contributed by atoms with E-state index < -0.39 is 0 Å². The van der Waals surface area contributed by atoms with E-state index in [1.54, 1.807) is 0 Å². The molecule has 0 bridgehead atoms. The van der Waals surface area contributed by atoms with Gasteiger partial charge in [0.25, 0.3) is 0 Å². The van der Waals surface area contributed by atoms with Crippen LogP contribution in [0, 0.1) is 0 Å². The molecule has 0 aliphatic carbocycles. The number of rotatable bonds is 3. The van der Waals surface area contributed by atoms with Gasteiger partial charge in [-0.3, -0.25) is 4.90 Å². The zero-order chi connectivity index (χ0) is 13.9. The van der Waals surface area contributed by atoms with Crippen molar-refractivity contribution in [2.75, 3.05) is 13.1 Å². The largest absolute Gasteiger partial charge is 0.359 e. The summed E-state index contributed by atoms with van der Waals surface area (Å²) in [6, 6.07) is 13.2. The molecule has 4 heteroatoms. The fraction of sp³-hybridized carbons (Fsp3) is 0.438. The predicted molar refractivity (Wildman–Crippen MR) is 79.3 cm³/mol. The number of aromatic nitrogens is 1. The first-order chi connectivity index (χ1) is 9.74. The standard InChI is InChI=1S/C16H21N3O/c1-12-9-17-10-13(2)19(12)11-15-8-16(18-20-15)14-6-4-3-5-7-14/h3-8,12-13,17H,9-11H2,1-2H3. The second-order valence-electron chi connectivity index (χ2n) is 5.57. The van der Waals surface area contributed by atoms with Crippen molar-refractivity contribution in [3.63, 3.8) is 0 Å². The normalized spacial score (nSPS) is 23.9. The maximum Gasteiger partial charge on any atom is 0.151 e. The Morgan fingerprint density at radius 1 is 1.20 bits per heavy atom. The number of hydrogen-bond acceptors (Lipinski definition) is 4. The zero-order valence-electron chi connectivity index (χ0n) is 12.0. The first kappa shape index (κ1) is 13.3. The van der Waals surface area contributed by atoms with Gasteiger partial charge in [0.2, 0.25) is 0 Å². The molecule has 1 aromatic heterocycles. The molecule has 0 amide bonds. The monoisotopic (exact) mass is 271 g/mol. The average molecular weight is 271 g/mol. The molecule has 2 aromatic rings. The molecule has 0 radical (unpaired) electrons. The van der Waals surface area contributed by atoms with Gasteiger partial charge in [-0.05, 0) is 13.8 Å². The predicted octanol–water partition coefficient (Wildman–Crippen LogP) is 2.52. The van der Waals surface area contributed by atoms with E-state index in [0.29, 0.717) is 12.1 Å². The number of benzene rings is 1. The van der Waals surface area contributed by atoms with Crippen LogP contribution in [0.1, 0.15) is 19.6 Å². The Kier molecular flexibility index (Phi) is 3.85. The molecule has 0 saturated carbocycles. The second-order valence-corrected chi connectivity index (χ2v) is 5.57. The van der Waals surface area contributed by atoms with Crippen LogP contribution >= 0.6 is 0 Å². The highest BCUT2D eigenvalue weighted by Gasteiger charge is 2.25. The first-order valence-electron chi connectivity index (χ1n) is 7.21. The van der Waals surface area contributed by atoms with Gasteiger partial charge in [0.15, 0.2) is 5.76 Å². The lowest BCUT2D eigenvalue weighted by Crippen LogP contribution is -2.54. The van der Waals surface area contributed by atoms with Gasteiger partial charge in [-0.2, -0.15) is 0 Å². The van der Waals surface area contributed by atoms with Gasteiger partial charge in [0.05, 0.1) is 6.54 Å². The van der Waals surface area contributed by atoms with Crippen molar-refractivity contribution in [3.8, 4) is 11.3 Å². The van der Waals surface area contributed by atoms with Gasteiger partial charge < -0.3 is 9.84 Å². The average Bonchev–Trinajstić information content (AvgIpc) is 2.93. The number of nitrogens with zero attached hydrogens (tertiary/aromatic N) is 2. The van der Waals surface area contributed by atoms with Crippen LogP contribution in [0.4, 0.5) is 0 Å². The van der Waals surface area contributed by atoms with E-state index >= 15 is 0 Å². The van der Waals surface area contributed by atoms with Crippen LogP contribution in [0.15, 0.2) is 40.9 Å². The first-order valence-corrected chi connectivity index (χ1v) is 7.21. The van der Waals surface area contributed by atoms with Gasteiger partial charge in [-0.25, -0.2) is 0 Å². The lowest BCUT2D eigenvalue weighted by molar-refractivity contribution is 0.0969. The smallest absolute Gasteiger partial charge is 0.151 e. The van der Waals surface area contributed by atoms with Crippen molar-refractivity contribution in [2.45, 2.75) is 32.5 Å². The number of piperazine rings is 1. The fourth-order valence-electron chi connectivity index (χ4n) is 2.79. The highest BCUT2D eigenvalue weighted by molar-refractivity contribution is 5.58. The van der Waals surface area contributed by atoms with Crippen molar-refractivity contribution in [2.24, 2.45) is 0 Å². The molecule has 1 saturated heterocycles. The van der Waals surface area contributed by atoms with Crippen molar-refractivity contribution in [1.82, 2.24) is 15.4 Å². The molecule has 1 aliphatic rings. The van der Waals surface area contributed by atoms with Gasteiger partial charge >= 0.3 is 0 Å². The minimum Gasteiger partial charge on any atom is -0.359 e. The maximum absolute atomic E-state index is 5.51.